The van der Waals surface area contributed by atoms with Gasteiger partial charge in [0.1, 0.15) is 6.67 Å². The number of carbonyl (C=O) groups excluding carboxylic acids is 1. The Kier molecular flexibility index (Phi) is 4.19. The summed E-state index contributed by atoms with van der Waals surface area (Å²) in [5.74, 6) is -0.670. The molecule has 2 heterocycles. The SMILES string of the molecule is CCN1CC(OC(C)=O)[N+]([O-])(c2nnc(C(F)(F)F)s2)C1. The number of ether oxygens (including phenoxy) is 1. The van der Waals surface area contributed by atoms with Gasteiger partial charge in [0.2, 0.25) is 5.01 Å². The third-order valence-electron chi connectivity index (χ3n) is 3.02. The fourth-order valence-electron chi connectivity index (χ4n) is 2.01. The number of alkyl halides is 3. The Morgan fingerprint density at radius 1 is 1.57 bits per heavy atom. The number of hydrogen-bond donors (Lipinski definition) is 0. The predicted molar refractivity (Wildman–Crippen MR) is 67.7 cm³/mol. The molecule has 0 saturated carbocycles. The zero-order valence-corrected chi connectivity index (χ0v) is 12.1. The summed E-state index contributed by atoms with van der Waals surface area (Å²) in [6.07, 6.45) is -5.80. The molecule has 2 unspecified atom stereocenters. The number of carbonyl (C=O) groups is 1. The van der Waals surface area contributed by atoms with Crippen LogP contribution in [0.3, 0.4) is 0 Å². The zero-order chi connectivity index (χ0) is 15.8. The summed E-state index contributed by atoms with van der Waals surface area (Å²) in [7, 11) is 0. The summed E-state index contributed by atoms with van der Waals surface area (Å²) < 4.78 is 41.4. The van der Waals surface area contributed by atoms with Crippen LogP contribution in [-0.2, 0) is 15.7 Å². The molecule has 0 bridgehead atoms. The predicted octanol–water partition coefficient (Wildman–Crippen LogP) is 1.54. The quantitative estimate of drug-likeness (QED) is 0.476. The van der Waals surface area contributed by atoms with Gasteiger partial charge in [0, 0.05) is 13.5 Å². The van der Waals surface area contributed by atoms with Crippen molar-refractivity contribution in [3.63, 3.8) is 0 Å². The van der Waals surface area contributed by atoms with Gasteiger partial charge in [-0.25, -0.2) is 4.90 Å². The number of halogens is 3. The normalized spacial score (nSPS) is 27.0. The first-order valence-corrected chi connectivity index (χ1v) is 6.88. The van der Waals surface area contributed by atoms with Crippen molar-refractivity contribution in [1.82, 2.24) is 19.7 Å². The second-order valence-corrected chi connectivity index (χ2v) is 5.51. The van der Waals surface area contributed by atoms with Gasteiger partial charge in [-0.2, -0.15) is 13.2 Å². The number of nitrogens with zero attached hydrogens (tertiary/aromatic N) is 4. The van der Waals surface area contributed by atoms with Crippen LogP contribution in [0, 0.1) is 5.21 Å². The Bertz CT molecular complexity index is 538. The van der Waals surface area contributed by atoms with E-state index in [0.717, 1.165) is 6.92 Å². The second kappa shape index (κ2) is 5.48. The fraction of sp³-hybridized carbons (Fsp3) is 0.700. The van der Waals surface area contributed by atoms with Crippen molar-refractivity contribution in [2.24, 2.45) is 0 Å². The molecule has 1 aliphatic heterocycles. The van der Waals surface area contributed by atoms with Gasteiger partial charge < -0.3 is 9.94 Å². The van der Waals surface area contributed by atoms with Crippen LogP contribution in [0.1, 0.15) is 18.9 Å². The summed E-state index contributed by atoms with van der Waals surface area (Å²) in [6.45, 7) is 3.44. The van der Waals surface area contributed by atoms with Crippen molar-refractivity contribution in [2.45, 2.75) is 26.3 Å². The highest BCUT2D eigenvalue weighted by atomic mass is 32.1. The molecule has 1 saturated heterocycles. The van der Waals surface area contributed by atoms with Crippen LogP contribution in [-0.4, -0.2) is 47.1 Å². The Morgan fingerprint density at radius 3 is 2.71 bits per heavy atom. The summed E-state index contributed by atoms with van der Waals surface area (Å²) in [5, 5.41) is 17.6. The lowest BCUT2D eigenvalue weighted by Crippen LogP contribution is -2.50. The summed E-state index contributed by atoms with van der Waals surface area (Å²) in [6, 6.07) is 0. The van der Waals surface area contributed by atoms with Gasteiger partial charge in [-0.3, -0.25) is 9.44 Å². The number of aromatic nitrogens is 2. The molecular weight excluding hydrogens is 313 g/mol. The van der Waals surface area contributed by atoms with Gasteiger partial charge in [-0.05, 0) is 11.3 Å². The second-order valence-electron chi connectivity index (χ2n) is 4.56. The Balaban J connectivity index is 2.33. The van der Waals surface area contributed by atoms with E-state index < -0.39 is 28.0 Å². The van der Waals surface area contributed by atoms with Crippen LogP contribution >= 0.6 is 11.3 Å². The van der Waals surface area contributed by atoms with E-state index in [-0.39, 0.29) is 29.7 Å². The highest BCUT2D eigenvalue weighted by Gasteiger charge is 2.47. The van der Waals surface area contributed by atoms with E-state index in [1.165, 1.54) is 0 Å². The minimum atomic E-state index is -4.66. The molecule has 0 aromatic carbocycles. The van der Waals surface area contributed by atoms with Crippen molar-refractivity contribution in [2.75, 3.05) is 19.8 Å². The average molecular weight is 326 g/mol. The van der Waals surface area contributed by atoms with Crippen molar-refractivity contribution >= 4 is 22.4 Å². The maximum absolute atomic E-state index is 12.8. The summed E-state index contributed by atoms with van der Waals surface area (Å²) >= 11 is 0.174. The van der Waals surface area contributed by atoms with Crippen LogP contribution in [0.25, 0.3) is 0 Å². The van der Waals surface area contributed by atoms with Gasteiger partial charge in [-0.1, -0.05) is 12.0 Å². The smallest absolute Gasteiger partial charge is 0.445 e. The third kappa shape index (κ3) is 3.15. The minimum absolute atomic E-state index is 0.138. The first-order chi connectivity index (χ1) is 9.66. The van der Waals surface area contributed by atoms with Gasteiger partial charge in [0.05, 0.1) is 6.54 Å². The molecule has 0 N–H and O–H groups in total. The van der Waals surface area contributed by atoms with Crippen LogP contribution < -0.4 is 4.65 Å². The largest absolute Gasteiger partial charge is 0.622 e. The fourth-order valence-corrected chi connectivity index (χ4v) is 2.79. The van der Waals surface area contributed by atoms with Gasteiger partial charge in [0.25, 0.3) is 6.23 Å². The molecule has 11 heteroatoms. The Labute approximate surface area is 122 Å². The summed E-state index contributed by atoms with van der Waals surface area (Å²) in [5.41, 5.74) is 0. The number of hydroxylamine groups is 2. The average Bonchev–Trinajstić information content (AvgIpc) is 2.95. The van der Waals surface area contributed by atoms with E-state index in [0.29, 0.717) is 6.54 Å². The molecule has 0 aliphatic carbocycles. The van der Waals surface area contributed by atoms with E-state index >= 15 is 0 Å². The molecular formula is C10H13F3N4O3S. The third-order valence-corrected chi connectivity index (χ3v) is 4.10. The number of quaternary nitrogens is 1. The molecule has 0 spiro atoms. The monoisotopic (exact) mass is 326 g/mol. The number of hydrogen-bond acceptors (Lipinski definition) is 7. The Morgan fingerprint density at radius 2 is 2.24 bits per heavy atom. The molecule has 1 aliphatic rings. The molecule has 2 rings (SSSR count). The van der Waals surface area contributed by atoms with E-state index in [1.54, 1.807) is 11.8 Å². The zero-order valence-electron chi connectivity index (χ0n) is 11.3. The van der Waals surface area contributed by atoms with Crippen LogP contribution in [0.4, 0.5) is 18.3 Å². The molecule has 1 aromatic heterocycles. The number of esters is 1. The van der Waals surface area contributed by atoms with E-state index in [4.69, 9.17) is 4.74 Å². The maximum atomic E-state index is 12.8. The molecule has 2 atom stereocenters. The van der Waals surface area contributed by atoms with Crippen LogP contribution in [0.15, 0.2) is 0 Å². The van der Waals surface area contributed by atoms with E-state index in [9.17, 15) is 23.2 Å². The maximum Gasteiger partial charge on any atom is 0.445 e. The van der Waals surface area contributed by atoms with Crippen molar-refractivity contribution in [3.8, 4) is 0 Å². The van der Waals surface area contributed by atoms with E-state index in [2.05, 4.69) is 10.2 Å². The lowest BCUT2D eigenvalue weighted by atomic mass is 10.5. The van der Waals surface area contributed by atoms with Crippen LogP contribution in [0.5, 0.6) is 0 Å². The molecule has 118 valence electrons. The number of rotatable bonds is 3. The first-order valence-electron chi connectivity index (χ1n) is 6.06. The molecule has 0 radical (unpaired) electrons. The minimum Gasteiger partial charge on any atom is -0.622 e. The lowest BCUT2D eigenvalue weighted by Gasteiger charge is -2.38. The highest BCUT2D eigenvalue weighted by Crippen LogP contribution is 2.39. The first kappa shape index (κ1) is 16.1. The van der Waals surface area contributed by atoms with Gasteiger partial charge >= 0.3 is 17.3 Å². The molecule has 1 aromatic rings. The van der Waals surface area contributed by atoms with Crippen molar-refractivity contribution < 1.29 is 22.7 Å². The summed E-state index contributed by atoms with van der Waals surface area (Å²) in [4.78, 5) is 12.8. The molecule has 1 fully saturated rings. The number of likely N-dealkylation sites (N-methyl/N-ethyl adjacent to an activating group) is 1. The lowest BCUT2D eigenvalue weighted by molar-refractivity contribution is -0.150. The Hall–Kier alpha value is -1.30. The van der Waals surface area contributed by atoms with E-state index in [1.807, 2.05) is 0 Å². The molecule has 21 heavy (non-hydrogen) atoms. The van der Waals surface area contributed by atoms with Crippen molar-refractivity contribution in [3.05, 3.63) is 10.2 Å². The molecule has 7 nitrogen and oxygen atoms in total. The standard InChI is InChI=1S/C10H13F3N4O3S/c1-3-16-4-7(20-6(2)18)17(19,5-16)9-15-14-8(21-9)10(11,12)13/h7H,3-5H2,1-2H3. The van der Waals surface area contributed by atoms with Crippen LogP contribution in [0.2, 0.25) is 0 Å². The highest BCUT2D eigenvalue weighted by molar-refractivity contribution is 7.15. The topological polar surface area (TPSA) is 78.4 Å². The molecule has 0 amide bonds. The van der Waals surface area contributed by atoms with Gasteiger partial charge in [-0.15, -0.1) is 5.10 Å². The van der Waals surface area contributed by atoms with Crippen molar-refractivity contribution in [1.29, 1.82) is 0 Å². The van der Waals surface area contributed by atoms with Gasteiger partial charge in [0.15, 0.2) is 0 Å².